The number of hydrogen-bond donors (Lipinski definition) is 0. The molecular formula is C68H80. The first kappa shape index (κ1) is 51.4. The predicted molar refractivity (Wildman–Crippen MR) is 302 cm³/mol. The Bertz CT molecular complexity index is 2980. The number of hydrogen-bond acceptors (Lipinski definition) is 0. The highest BCUT2D eigenvalue weighted by atomic mass is 14.4. The molecule has 0 fully saturated rings. The van der Waals surface area contributed by atoms with E-state index in [0.29, 0.717) is 0 Å². The summed E-state index contributed by atoms with van der Waals surface area (Å²) in [6.45, 7) is 42.3. The topological polar surface area (TPSA) is 0 Å². The van der Waals surface area contributed by atoms with Crippen LogP contribution in [0, 0.1) is 59.3 Å². The first-order valence-electron chi connectivity index (χ1n) is 24.8. The molecule has 1 atom stereocenters. The summed E-state index contributed by atoms with van der Waals surface area (Å²) < 4.78 is 0. The quantitative estimate of drug-likeness (QED) is 0.166. The molecule has 2 aliphatic rings. The third-order valence-electron chi connectivity index (χ3n) is 15.2. The summed E-state index contributed by atoms with van der Waals surface area (Å²) in [6, 6.07) is 48.4. The number of aryl methyl sites for hydroxylation is 6. The van der Waals surface area contributed by atoms with E-state index in [4.69, 9.17) is 0 Å². The maximum Gasteiger partial charge on any atom is 0.0159 e. The Morgan fingerprint density at radius 1 is 0.500 bits per heavy atom. The fraction of sp³-hybridized carbons (Fsp3) is 0.324. The van der Waals surface area contributed by atoms with Crippen molar-refractivity contribution in [2.75, 3.05) is 0 Å². The molecule has 0 spiro atoms. The molecule has 2 aliphatic carbocycles. The second-order valence-electron chi connectivity index (χ2n) is 22.6. The van der Waals surface area contributed by atoms with E-state index in [9.17, 15) is 0 Å². The number of allylic oxidation sites excluding steroid dienone is 4. The molecule has 7 aromatic carbocycles. The minimum absolute atomic E-state index is 0.0888. The molecule has 0 N–H and O–H groups in total. The summed E-state index contributed by atoms with van der Waals surface area (Å²) in [4.78, 5) is 0. The second kappa shape index (κ2) is 20.3. The van der Waals surface area contributed by atoms with Gasteiger partial charge in [0.25, 0.3) is 0 Å². The summed E-state index contributed by atoms with van der Waals surface area (Å²) >= 11 is 0. The largest absolute Gasteiger partial charge is 0.0984 e. The molecule has 352 valence electrons. The molecule has 0 radical (unpaired) electrons. The third-order valence-corrected chi connectivity index (χ3v) is 15.2. The van der Waals surface area contributed by atoms with Crippen LogP contribution in [0.4, 0.5) is 0 Å². The van der Waals surface area contributed by atoms with Crippen LogP contribution in [0.5, 0.6) is 0 Å². The Hall–Kier alpha value is -5.98. The monoisotopic (exact) mass is 897 g/mol. The Morgan fingerprint density at radius 3 is 1.71 bits per heavy atom. The normalized spacial score (nSPS) is 15.8. The molecule has 0 aliphatic heterocycles. The van der Waals surface area contributed by atoms with Gasteiger partial charge in [0.05, 0.1) is 0 Å². The van der Waals surface area contributed by atoms with E-state index in [1.807, 2.05) is 12.1 Å². The second-order valence-corrected chi connectivity index (χ2v) is 22.6. The number of rotatable bonds is 3. The van der Waals surface area contributed by atoms with Crippen molar-refractivity contribution < 1.29 is 0 Å². The van der Waals surface area contributed by atoms with Gasteiger partial charge in [0.15, 0.2) is 0 Å². The van der Waals surface area contributed by atoms with Gasteiger partial charge in [0, 0.05) is 5.41 Å². The van der Waals surface area contributed by atoms with Crippen LogP contribution in [0.25, 0.3) is 44.7 Å². The molecule has 0 aromatic heterocycles. The molecule has 9 rings (SSSR count). The minimum atomic E-state index is 0.0888. The van der Waals surface area contributed by atoms with Gasteiger partial charge in [-0.1, -0.05) is 237 Å². The van der Waals surface area contributed by atoms with Crippen molar-refractivity contribution >= 4 is 22.4 Å². The van der Waals surface area contributed by atoms with Gasteiger partial charge in [-0.15, -0.1) is 0 Å². The van der Waals surface area contributed by atoms with Gasteiger partial charge in [-0.05, 0) is 172 Å². The molecule has 0 heterocycles. The van der Waals surface area contributed by atoms with Crippen molar-refractivity contribution in [3.63, 3.8) is 0 Å². The fourth-order valence-electron chi connectivity index (χ4n) is 9.64. The van der Waals surface area contributed by atoms with Gasteiger partial charge in [-0.25, -0.2) is 0 Å². The van der Waals surface area contributed by atoms with Crippen molar-refractivity contribution in [2.45, 2.75) is 135 Å². The Kier molecular flexibility index (Phi) is 15.4. The lowest BCUT2D eigenvalue weighted by Gasteiger charge is -2.42. The summed E-state index contributed by atoms with van der Waals surface area (Å²) in [5, 5.41) is 2.77. The summed E-state index contributed by atoms with van der Waals surface area (Å²) in [5.74, 6) is 0. The molecule has 7 aromatic rings. The minimum Gasteiger partial charge on any atom is -0.0984 e. The van der Waals surface area contributed by atoms with Crippen molar-refractivity contribution in [2.24, 2.45) is 10.8 Å². The van der Waals surface area contributed by atoms with Crippen LogP contribution < -0.4 is 0 Å². The van der Waals surface area contributed by atoms with Crippen LogP contribution in [0.15, 0.2) is 158 Å². The Morgan fingerprint density at radius 2 is 1.09 bits per heavy atom. The molecular weight excluding hydrogens is 817 g/mol. The third kappa shape index (κ3) is 11.0. The number of benzene rings is 7. The zero-order valence-corrected chi connectivity index (χ0v) is 44.8. The molecule has 0 saturated carbocycles. The van der Waals surface area contributed by atoms with Gasteiger partial charge in [-0.3, -0.25) is 0 Å². The highest BCUT2D eigenvalue weighted by Gasteiger charge is 2.38. The van der Waals surface area contributed by atoms with Gasteiger partial charge in [0.2, 0.25) is 0 Å². The van der Waals surface area contributed by atoms with Crippen LogP contribution in [-0.4, -0.2) is 0 Å². The smallest absolute Gasteiger partial charge is 0.0159 e. The van der Waals surface area contributed by atoms with Crippen molar-refractivity contribution in [1.82, 2.24) is 0 Å². The van der Waals surface area contributed by atoms with Gasteiger partial charge >= 0.3 is 0 Å². The van der Waals surface area contributed by atoms with E-state index in [1.165, 1.54) is 111 Å². The van der Waals surface area contributed by atoms with Crippen LogP contribution >= 0.6 is 0 Å². The highest BCUT2D eigenvalue weighted by Crippen LogP contribution is 2.52. The van der Waals surface area contributed by atoms with Crippen molar-refractivity contribution in [3.05, 3.63) is 225 Å². The molecule has 0 nitrogen and oxygen atoms in total. The summed E-state index contributed by atoms with van der Waals surface area (Å²) in [5.41, 5.74) is 25.4. The lowest BCUT2D eigenvalue weighted by atomic mass is 9.62. The van der Waals surface area contributed by atoms with Crippen LogP contribution in [0.3, 0.4) is 0 Å². The van der Waals surface area contributed by atoms with Crippen molar-refractivity contribution in [3.8, 4) is 22.3 Å². The highest BCUT2D eigenvalue weighted by molar-refractivity contribution is 6.03. The zero-order chi connectivity index (χ0) is 49.9. The molecule has 1 unspecified atom stereocenters. The Labute approximate surface area is 413 Å². The average Bonchev–Trinajstić information content (AvgIpc) is 3.51. The summed E-state index contributed by atoms with van der Waals surface area (Å²) in [7, 11) is 0. The van der Waals surface area contributed by atoms with Crippen LogP contribution in [-0.2, 0) is 10.8 Å². The van der Waals surface area contributed by atoms with E-state index in [-0.39, 0.29) is 21.7 Å². The lowest BCUT2D eigenvalue weighted by molar-refractivity contribution is 0.170. The number of fused-ring (bicyclic) bond motifs is 5. The standard InChI is InChI=1S/C23H34.C21H20.C16H16.C8H10/c1-16-10-11-18(21(3,4)5)14-19(16)20-15-23(9,22(6,7)8)13-12-17(20)2;1-13-9-10-17-18(11-13)21(3,4)19-12-14(2)15-7-5-6-8-16(15)20(17)19;1-4-14-9-5-6-10-16(14)15-11-7-8-12(2)13(15)3;1-7-3-5-8(2)6-4-7/h10-12,14-15H,13H2,1-9H3;5-12H,1-4H3;4-11H,1H2,2-3H3;3-6H,1-2H3. The Balaban J connectivity index is 0.000000157. The van der Waals surface area contributed by atoms with E-state index in [2.05, 4.69) is 264 Å². The average molecular weight is 897 g/mol. The zero-order valence-electron chi connectivity index (χ0n) is 44.8. The molecule has 0 heteroatoms. The maximum atomic E-state index is 3.87. The van der Waals surface area contributed by atoms with E-state index in [1.54, 1.807) is 0 Å². The molecule has 0 saturated heterocycles. The first-order valence-corrected chi connectivity index (χ1v) is 24.8. The van der Waals surface area contributed by atoms with E-state index >= 15 is 0 Å². The summed E-state index contributed by atoms with van der Waals surface area (Å²) in [6.07, 6.45) is 8.02. The maximum absolute atomic E-state index is 3.87. The van der Waals surface area contributed by atoms with Gasteiger partial charge in [0.1, 0.15) is 0 Å². The van der Waals surface area contributed by atoms with Crippen molar-refractivity contribution in [1.29, 1.82) is 0 Å². The SMILES string of the molecule is C=Cc1ccccc1-c1cccc(C)c1C.CC1=CCC(C)(C(C)(C)C)C=C1c1cc(C(C)(C)C)ccc1C.Cc1ccc(C)cc1.Cc1ccc2c(c1)C(C)(C)c1cc(C)c3ccccc3c1-2. The van der Waals surface area contributed by atoms with Crippen LogP contribution in [0.1, 0.15) is 142 Å². The van der Waals surface area contributed by atoms with Gasteiger partial charge < -0.3 is 0 Å². The first-order chi connectivity index (χ1) is 31.9. The molecule has 0 bridgehead atoms. The van der Waals surface area contributed by atoms with E-state index < -0.39 is 0 Å². The van der Waals surface area contributed by atoms with E-state index in [0.717, 1.165) is 6.42 Å². The van der Waals surface area contributed by atoms with Gasteiger partial charge in [-0.2, -0.15) is 0 Å². The molecule has 68 heavy (non-hydrogen) atoms. The fourth-order valence-corrected chi connectivity index (χ4v) is 9.64. The predicted octanol–water partition coefficient (Wildman–Crippen LogP) is 19.8. The van der Waals surface area contributed by atoms with Crippen LogP contribution in [0.2, 0.25) is 0 Å². The molecule has 0 amide bonds. The lowest BCUT2D eigenvalue weighted by Crippen LogP contribution is -2.32.